The molecule has 124 valence electrons. The maximum absolute atomic E-state index is 12.3. The minimum atomic E-state index is -0.0598. The first kappa shape index (κ1) is 15.2. The Morgan fingerprint density at radius 2 is 2.00 bits per heavy atom. The number of hydrogen-bond donors (Lipinski definition) is 0. The van der Waals surface area contributed by atoms with E-state index in [2.05, 4.69) is 26.5 Å². The molecule has 7 atom stereocenters. The van der Waals surface area contributed by atoms with Gasteiger partial charge in [0, 0.05) is 0 Å². The lowest BCUT2D eigenvalue weighted by Gasteiger charge is -2.52. The molecule has 4 fully saturated rings. The van der Waals surface area contributed by atoms with Crippen LogP contribution < -0.4 is 0 Å². The van der Waals surface area contributed by atoms with E-state index in [1.165, 1.54) is 5.57 Å². The van der Waals surface area contributed by atoms with Gasteiger partial charge in [-0.2, -0.15) is 5.26 Å². The molecule has 0 unspecified atom stereocenters. The number of nitriles is 1. The standard InChI is InChI=1S/C20H27NO2/c1-12-4-5-15-14(11-21)16(7-9-19(12,15)2)20(3)8-6-13-10-17(20)18(22)23-13/h13-17H,1,4-10H2,2-3H3/t13-,14-,15-,16-,17+,19+,20+/m0/s1. The summed E-state index contributed by atoms with van der Waals surface area (Å²) in [7, 11) is 0. The van der Waals surface area contributed by atoms with Crippen molar-refractivity contribution in [1.82, 2.24) is 0 Å². The minimum absolute atomic E-state index is 0.00384. The summed E-state index contributed by atoms with van der Waals surface area (Å²) in [5.41, 5.74) is 1.42. The highest BCUT2D eigenvalue weighted by atomic mass is 16.6. The first-order valence-electron chi connectivity index (χ1n) is 9.18. The van der Waals surface area contributed by atoms with Gasteiger partial charge < -0.3 is 4.74 Å². The fourth-order valence-corrected chi connectivity index (χ4v) is 6.43. The molecular weight excluding hydrogens is 286 g/mol. The maximum Gasteiger partial charge on any atom is 0.309 e. The second-order valence-corrected chi connectivity index (χ2v) is 8.86. The average Bonchev–Trinajstić information content (AvgIpc) is 3.01. The third-order valence-corrected chi connectivity index (χ3v) is 8.09. The zero-order valence-electron chi connectivity index (χ0n) is 14.3. The second kappa shape index (κ2) is 4.85. The van der Waals surface area contributed by atoms with Crippen molar-refractivity contribution in [2.24, 2.45) is 34.5 Å². The molecule has 3 aliphatic carbocycles. The molecule has 1 aliphatic heterocycles. The van der Waals surface area contributed by atoms with Crippen molar-refractivity contribution < 1.29 is 9.53 Å². The van der Waals surface area contributed by atoms with Gasteiger partial charge in [-0.1, -0.05) is 26.0 Å². The molecule has 3 heteroatoms. The summed E-state index contributed by atoms with van der Waals surface area (Å²) in [5, 5.41) is 9.99. The van der Waals surface area contributed by atoms with Crippen LogP contribution in [0.5, 0.6) is 0 Å². The quantitative estimate of drug-likeness (QED) is 0.537. The fourth-order valence-electron chi connectivity index (χ4n) is 6.43. The summed E-state index contributed by atoms with van der Waals surface area (Å²) in [6.07, 6.45) is 7.35. The van der Waals surface area contributed by atoms with Crippen molar-refractivity contribution in [2.75, 3.05) is 0 Å². The van der Waals surface area contributed by atoms with Gasteiger partial charge in [-0.15, -0.1) is 0 Å². The third kappa shape index (κ3) is 1.90. The Morgan fingerprint density at radius 1 is 1.22 bits per heavy atom. The van der Waals surface area contributed by atoms with Crippen LogP contribution in [0.1, 0.15) is 58.8 Å². The Morgan fingerprint density at radius 3 is 2.74 bits per heavy atom. The molecule has 4 aliphatic rings. The number of rotatable bonds is 1. The van der Waals surface area contributed by atoms with Crippen molar-refractivity contribution in [2.45, 2.75) is 64.9 Å². The van der Waals surface area contributed by atoms with E-state index in [0.717, 1.165) is 44.9 Å². The molecule has 23 heavy (non-hydrogen) atoms. The fraction of sp³-hybridized carbons (Fsp3) is 0.800. The number of hydrogen-bond acceptors (Lipinski definition) is 3. The molecular formula is C20H27NO2. The van der Waals surface area contributed by atoms with Crippen molar-refractivity contribution >= 4 is 5.97 Å². The lowest BCUT2D eigenvalue weighted by atomic mass is 9.50. The second-order valence-electron chi connectivity index (χ2n) is 8.86. The molecule has 1 saturated heterocycles. The molecule has 0 N–H and O–H groups in total. The van der Waals surface area contributed by atoms with E-state index in [4.69, 9.17) is 4.74 Å². The van der Waals surface area contributed by atoms with E-state index >= 15 is 0 Å². The van der Waals surface area contributed by atoms with Gasteiger partial charge in [-0.05, 0) is 67.6 Å². The van der Waals surface area contributed by atoms with Crippen LogP contribution in [0.15, 0.2) is 12.2 Å². The van der Waals surface area contributed by atoms with Crippen LogP contribution in [0.4, 0.5) is 0 Å². The lowest BCUT2D eigenvalue weighted by Crippen LogP contribution is -2.49. The van der Waals surface area contributed by atoms with Gasteiger partial charge in [0.05, 0.1) is 17.9 Å². The molecule has 3 nitrogen and oxygen atoms in total. The van der Waals surface area contributed by atoms with Crippen molar-refractivity contribution in [3.8, 4) is 6.07 Å². The monoisotopic (exact) mass is 313 g/mol. The predicted molar refractivity (Wildman–Crippen MR) is 87.1 cm³/mol. The summed E-state index contributed by atoms with van der Waals surface area (Å²) in [5.74, 6) is 0.814. The smallest absolute Gasteiger partial charge is 0.309 e. The third-order valence-electron chi connectivity index (χ3n) is 8.09. The highest BCUT2D eigenvalue weighted by Gasteiger charge is 2.60. The van der Waals surface area contributed by atoms with Crippen molar-refractivity contribution in [3.05, 3.63) is 12.2 Å². The largest absolute Gasteiger partial charge is 0.462 e. The number of carbonyl (C=O) groups excluding carboxylic acids is 1. The Hall–Kier alpha value is -1.30. The Bertz CT molecular complexity index is 605. The highest BCUT2D eigenvalue weighted by Crippen LogP contribution is 2.64. The molecule has 0 aromatic heterocycles. The van der Waals surface area contributed by atoms with Crippen LogP contribution in [-0.4, -0.2) is 12.1 Å². The SMILES string of the molecule is C=C1CC[C@H]2[C@H](C#N)[C@@H]([C@@]3(C)CC[C@H]4C[C@@H]3C(=O)O4)CC[C@]12C. The molecule has 0 amide bonds. The van der Waals surface area contributed by atoms with Gasteiger partial charge in [-0.3, -0.25) is 4.79 Å². The van der Waals surface area contributed by atoms with Crippen LogP contribution in [0.3, 0.4) is 0 Å². The Balaban J connectivity index is 1.68. The number of allylic oxidation sites excluding steroid dienone is 1. The molecule has 0 aromatic carbocycles. The number of fused-ring (bicyclic) bond motifs is 3. The normalized spacial score (nSPS) is 52.0. The lowest BCUT2D eigenvalue weighted by molar-refractivity contribution is -0.147. The Kier molecular flexibility index (Phi) is 3.21. The van der Waals surface area contributed by atoms with E-state index in [0.29, 0.717) is 11.8 Å². The predicted octanol–water partition coefficient (Wildman–Crippen LogP) is 4.24. The first-order chi connectivity index (χ1) is 10.9. The first-order valence-corrected chi connectivity index (χ1v) is 9.18. The van der Waals surface area contributed by atoms with Crippen LogP contribution in [0.2, 0.25) is 0 Å². The van der Waals surface area contributed by atoms with E-state index in [1.54, 1.807) is 0 Å². The molecule has 0 spiro atoms. The summed E-state index contributed by atoms with van der Waals surface area (Å²) >= 11 is 0. The molecule has 0 radical (unpaired) electrons. The molecule has 0 aromatic rings. The minimum Gasteiger partial charge on any atom is -0.462 e. The van der Waals surface area contributed by atoms with Crippen LogP contribution in [0.25, 0.3) is 0 Å². The molecule has 4 rings (SSSR count). The number of ether oxygens (including phenoxy) is 1. The van der Waals surface area contributed by atoms with Gasteiger partial charge in [0.2, 0.25) is 0 Å². The van der Waals surface area contributed by atoms with Gasteiger partial charge in [0.15, 0.2) is 0 Å². The zero-order chi connectivity index (χ0) is 16.4. The van der Waals surface area contributed by atoms with E-state index in [-0.39, 0.29) is 34.7 Å². The van der Waals surface area contributed by atoms with Gasteiger partial charge in [-0.25, -0.2) is 0 Å². The number of nitrogens with zero attached hydrogens (tertiary/aromatic N) is 1. The van der Waals surface area contributed by atoms with Crippen molar-refractivity contribution in [3.63, 3.8) is 0 Å². The van der Waals surface area contributed by atoms with Gasteiger partial charge in [0.25, 0.3) is 0 Å². The average molecular weight is 313 g/mol. The Labute approximate surface area is 139 Å². The molecule has 1 heterocycles. The maximum atomic E-state index is 12.3. The van der Waals surface area contributed by atoms with Gasteiger partial charge >= 0.3 is 5.97 Å². The zero-order valence-corrected chi connectivity index (χ0v) is 14.3. The van der Waals surface area contributed by atoms with Crippen molar-refractivity contribution in [1.29, 1.82) is 5.26 Å². The van der Waals surface area contributed by atoms with Crippen LogP contribution in [0, 0.1) is 45.8 Å². The summed E-state index contributed by atoms with van der Waals surface area (Å²) in [4.78, 5) is 12.3. The van der Waals surface area contributed by atoms with E-state index < -0.39 is 0 Å². The number of carbonyl (C=O) groups is 1. The van der Waals surface area contributed by atoms with Crippen LogP contribution >= 0.6 is 0 Å². The molecule has 2 bridgehead atoms. The summed E-state index contributed by atoms with van der Waals surface area (Å²) in [6.45, 7) is 8.88. The number of esters is 1. The topological polar surface area (TPSA) is 50.1 Å². The van der Waals surface area contributed by atoms with E-state index in [1.807, 2.05) is 0 Å². The summed E-state index contributed by atoms with van der Waals surface area (Å²) in [6, 6.07) is 2.67. The summed E-state index contributed by atoms with van der Waals surface area (Å²) < 4.78 is 5.53. The molecule has 3 saturated carbocycles. The van der Waals surface area contributed by atoms with E-state index in [9.17, 15) is 10.1 Å². The van der Waals surface area contributed by atoms with Gasteiger partial charge in [0.1, 0.15) is 6.10 Å². The van der Waals surface area contributed by atoms with Crippen LogP contribution in [-0.2, 0) is 9.53 Å². The highest BCUT2D eigenvalue weighted by molar-refractivity contribution is 5.76.